The number of ether oxygens (including phenoxy) is 1. The Hall–Kier alpha value is -2.13. The number of nitrogens with one attached hydrogen (secondary N) is 1. The van der Waals surface area contributed by atoms with Gasteiger partial charge in [-0.1, -0.05) is 0 Å². The van der Waals surface area contributed by atoms with Crippen LogP contribution in [0.15, 0.2) is 18.3 Å². The third-order valence-electron chi connectivity index (χ3n) is 5.76. The zero-order valence-corrected chi connectivity index (χ0v) is 15.7. The normalized spacial score (nSPS) is 29.1. The van der Waals surface area contributed by atoms with Crippen LogP contribution in [0.1, 0.15) is 50.3 Å². The molecule has 1 aliphatic carbocycles. The molecule has 1 aliphatic heterocycles. The van der Waals surface area contributed by atoms with Gasteiger partial charge in [-0.15, -0.1) is 0 Å². The molecule has 0 spiro atoms. The summed E-state index contributed by atoms with van der Waals surface area (Å²) in [7, 11) is 0. The van der Waals surface area contributed by atoms with Crippen LogP contribution in [0.4, 0.5) is 4.79 Å². The Morgan fingerprint density at radius 1 is 1.46 bits per heavy atom. The Balaban J connectivity index is 1.57. The van der Waals surface area contributed by atoms with E-state index in [1.807, 2.05) is 26.1 Å². The monoisotopic (exact) mass is 356 g/mol. The van der Waals surface area contributed by atoms with Crippen molar-refractivity contribution in [1.29, 1.82) is 5.26 Å². The second-order valence-electron chi connectivity index (χ2n) is 7.49. The zero-order valence-electron chi connectivity index (χ0n) is 15.7. The molecule has 0 radical (unpaired) electrons. The van der Waals surface area contributed by atoms with Crippen LogP contribution in [0.5, 0.6) is 0 Å². The average molecular weight is 356 g/mol. The number of carbonyl (C=O) groups is 1. The standard InChI is InChI=1S/C20H28N4O2/c1-3-26-19(25)23-16-7-11-24(13-16)17-4-8-20(14-21,9-5-17)18-12-15(2)6-10-22-18/h6,10,12,16-17H,3-5,7-9,11,13H2,1-2H3,(H,23,25)/t16-,17?,20?/m0/s1. The summed E-state index contributed by atoms with van der Waals surface area (Å²) < 4.78 is 4.97. The minimum atomic E-state index is -0.454. The molecule has 1 amide bonds. The van der Waals surface area contributed by atoms with Gasteiger partial charge in [-0.05, 0) is 63.6 Å². The number of amides is 1. The lowest BCUT2D eigenvalue weighted by molar-refractivity contribution is 0.143. The molecule has 1 aromatic heterocycles. The van der Waals surface area contributed by atoms with Crippen molar-refractivity contribution in [1.82, 2.24) is 15.2 Å². The number of nitrogens with zero attached hydrogens (tertiary/aromatic N) is 3. The van der Waals surface area contributed by atoms with Crippen LogP contribution in [-0.4, -0.2) is 47.8 Å². The summed E-state index contributed by atoms with van der Waals surface area (Å²) in [6, 6.07) is 7.24. The summed E-state index contributed by atoms with van der Waals surface area (Å²) in [5.74, 6) is 0. The van der Waals surface area contributed by atoms with E-state index in [1.165, 1.54) is 0 Å². The van der Waals surface area contributed by atoms with Crippen LogP contribution < -0.4 is 5.32 Å². The molecule has 1 N–H and O–H groups in total. The van der Waals surface area contributed by atoms with Crippen LogP contribution in [0.2, 0.25) is 0 Å². The molecular weight excluding hydrogens is 328 g/mol. The predicted molar refractivity (Wildman–Crippen MR) is 98.7 cm³/mol. The molecular formula is C20H28N4O2. The predicted octanol–water partition coefficient (Wildman–Crippen LogP) is 2.91. The summed E-state index contributed by atoms with van der Waals surface area (Å²) in [5, 5.41) is 12.8. The van der Waals surface area contributed by atoms with Gasteiger partial charge in [-0.2, -0.15) is 5.26 Å². The minimum Gasteiger partial charge on any atom is -0.450 e. The van der Waals surface area contributed by atoms with Gasteiger partial charge in [0.15, 0.2) is 0 Å². The van der Waals surface area contributed by atoms with E-state index in [-0.39, 0.29) is 12.1 Å². The molecule has 1 aromatic rings. The van der Waals surface area contributed by atoms with Crippen LogP contribution >= 0.6 is 0 Å². The smallest absolute Gasteiger partial charge is 0.407 e. The third-order valence-corrected chi connectivity index (χ3v) is 5.76. The van der Waals surface area contributed by atoms with Gasteiger partial charge in [0.2, 0.25) is 0 Å². The van der Waals surface area contributed by atoms with E-state index in [1.54, 1.807) is 0 Å². The second kappa shape index (κ2) is 8.05. The van der Waals surface area contributed by atoms with Gasteiger partial charge in [-0.3, -0.25) is 9.88 Å². The molecule has 6 heteroatoms. The zero-order chi connectivity index (χ0) is 18.6. The molecule has 2 aliphatic rings. The number of nitriles is 1. The maximum absolute atomic E-state index is 11.6. The van der Waals surface area contributed by atoms with Crippen molar-refractivity contribution in [3.05, 3.63) is 29.6 Å². The van der Waals surface area contributed by atoms with Crippen molar-refractivity contribution in [3.8, 4) is 6.07 Å². The van der Waals surface area contributed by atoms with E-state index in [2.05, 4.69) is 27.3 Å². The number of rotatable bonds is 4. The molecule has 1 saturated carbocycles. The number of carbonyl (C=O) groups excluding carboxylic acids is 1. The quantitative estimate of drug-likeness (QED) is 0.897. The fraction of sp³-hybridized carbons (Fsp3) is 0.650. The van der Waals surface area contributed by atoms with E-state index in [4.69, 9.17) is 4.74 Å². The number of aromatic nitrogens is 1. The summed E-state index contributed by atoms with van der Waals surface area (Å²) in [6.07, 6.45) is 6.12. The maximum atomic E-state index is 11.6. The molecule has 0 bridgehead atoms. The van der Waals surface area contributed by atoms with Crippen molar-refractivity contribution in [2.24, 2.45) is 0 Å². The first-order valence-corrected chi connectivity index (χ1v) is 9.58. The number of aryl methyl sites for hydroxylation is 1. The Morgan fingerprint density at radius 3 is 2.88 bits per heavy atom. The van der Waals surface area contributed by atoms with Gasteiger partial charge in [0.05, 0.1) is 23.8 Å². The van der Waals surface area contributed by atoms with Crippen LogP contribution in [0.3, 0.4) is 0 Å². The number of pyridine rings is 1. The van der Waals surface area contributed by atoms with E-state index in [9.17, 15) is 10.1 Å². The average Bonchev–Trinajstić information content (AvgIpc) is 3.10. The highest BCUT2D eigenvalue weighted by molar-refractivity contribution is 5.67. The summed E-state index contributed by atoms with van der Waals surface area (Å²) >= 11 is 0. The molecule has 26 heavy (non-hydrogen) atoms. The van der Waals surface area contributed by atoms with Gasteiger partial charge >= 0.3 is 6.09 Å². The molecule has 1 saturated heterocycles. The number of likely N-dealkylation sites (tertiary alicyclic amines) is 1. The van der Waals surface area contributed by atoms with Crippen LogP contribution in [0, 0.1) is 18.3 Å². The highest BCUT2D eigenvalue weighted by Crippen LogP contribution is 2.40. The van der Waals surface area contributed by atoms with Crippen molar-refractivity contribution in [2.75, 3.05) is 19.7 Å². The molecule has 3 rings (SSSR count). The molecule has 0 unspecified atom stereocenters. The minimum absolute atomic E-state index is 0.162. The molecule has 140 valence electrons. The van der Waals surface area contributed by atoms with Gasteiger partial charge in [0.1, 0.15) is 0 Å². The van der Waals surface area contributed by atoms with Crippen molar-refractivity contribution in [3.63, 3.8) is 0 Å². The van der Waals surface area contributed by atoms with Gasteiger partial charge in [-0.25, -0.2) is 4.79 Å². The van der Waals surface area contributed by atoms with E-state index < -0.39 is 5.41 Å². The molecule has 2 heterocycles. The second-order valence-corrected chi connectivity index (χ2v) is 7.49. The highest BCUT2D eigenvalue weighted by Gasteiger charge is 2.41. The molecule has 0 aromatic carbocycles. The topological polar surface area (TPSA) is 78.2 Å². The molecule has 1 atom stereocenters. The SMILES string of the molecule is CCOC(=O)N[C@H]1CCN(C2CCC(C#N)(c3cc(C)ccn3)CC2)C1. The van der Waals surface area contributed by atoms with Crippen LogP contribution in [-0.2, 0) is 10.2 Å². The number of hydrogen-bond donors (Lipinski definition) is 1. The van der Waals surface area contributed by atoms with Gasteiger partial charge < -0.3 is 10.1 Å². The summed E-state index contributed by atoms with van der Waals surface area (Å²) in [6.45, 7) is 6.11. The van der Waals surface area contributed by atoms with Gasteiger partial charge in [0.25, 0.3) is 0 Å². The van der Waals surface area contributed by atoms with E-state index >= 15 is 0 Å². The van der Waals surface area contributed by atoms with Crippen molar-refractivity contribution < 1.29 is 9.53 Å². The van der Waals surface area contributed by atoms with E-state index in [0.29, 0.717) is 12.6 Å². The first-order chi connectivity index (χ1) is 12.6. The van der Waals surface area contributed by atoms with Crippen molar-refractivity contribution >= 4 is 6.09 Å². The molecule has 6 nitrogen and oxygen atoms in total. The number of hydrogen-bond acceptors (Lipinski definition) is 5. The Labute approximate surface area is 155 Å². The first kappa shape index (κ1) is 18.7. The fourth-order valence-corrected chi connectivity index (χ4v) is 4.26. The molecule has 2 fully saturated rings. The number of alkyl carbamates (subject to hydrolysis) is 1. The Morgan fingerprint density at radius 2 is 2.23 bits per heavy atom. The fourth-order valence-electron chi connectivity index (χ4n) is 4.26. The first-order valence-electron chi connectivity index (χ1n) is 9.58. The third kappa shape index (κ3) is 3.99. The van der Waals surface area contributed by atoms with Crippen LogP contribution in [0.25, 0.3) is 0 Å². The highest BCUT2D eigenvalue weighted by atomic mass is 16.5. The van der Waals surface area contributed by atoms with E-state index in [0.717, 1.165) is 56.5 Å². The van der Waals surface area contributed by atoms with Crippen molar-refractivity contribution in [2.45, 2.75) is 63.5 Å². The van der Waals surface area contributed by atoms with Gasteiger partial charge in [0, 0.05) is 31.4 Å². The Kier molecular flexibility index (Phi) is 5.77. The largest absolute Gasteiger partial charge is 0.450 e. The lowest BCUT2D eigenvalue weighted by atomic mass is 9.70. The lowest BCUT2D eigenvalue weighted by Crippen LogP contribution is -2.43. The lowest BCUT2D eigenvalue weighted by Gasteiger charge is -2.38. The summed E-state index contributed by atoms with van der Waals surface area (Å²) in [4.78, 5) is 18.5. The summed E-state index contributed by atoms with van der Waals surface area (Å²) in [5.41, 5.74) is 1.62. The Bertz CT molecular complexity index is 677. The maximum Gasteiger partial charge on any atom is 0.407 e.